The second-order valence-corrected chi connectivity index (χ2v) is 6.26. The van der Waals surface area contributed by atoms with E-state index in [1.807, 2.05) is 18.2 Å². The Morgan fingerprint density at radius 2 is 1.95 bits per heavy atom. The maximum Gasteiger partial charge on any atom is 0.0595 e. The van der Waals surface area contributed by atoms with Crippen LogP contribution in [0.1, 0.15) is 22.7 Å². The molecule has 2 nitrogen and oxygen atoms in total. The topological polar surface area (TPSA) is 38.0 Å². The van der Waals surface area contributed by atoms with Crippen LogP contribution in [-0.4, -0.2) is 0 Å². The van der Waals surface area contributed by atoms with Crippen LogP contribution in [-0.2, 0) is 6.42 Å². The third-order valence-electron chi connectivity index (χ3n) is 3.22. The van der Waals surface area contributed by atoms with E-state index >= 15 is 0 Å². The van der Waals surface area contributed by atoms with E-state index in [2.05, 4.69) is 40.4 Å². The van der Waals surface area contributed by atoms with Crippen molar-refractivity contribution in [1.29, 1.82) is 0 Å². The average Bonchev–Trinajstić information content (AvgIpc) is 2.43. The van der Waals surface area contributed by atoms with Gasteiger partial charge < -0.3 is 0 Å². The Balaban J connectivity index is 2.28. The third kappa shape index (κ3) is 3.54. The van der Waals surface area contributed by atoms with Gasteiger partial charge in [0, 0.05) is 4.47 Å². The summed E-state index contributed by atoms with van der Waals surface area (Å²) >= 11 is 15.6. The van der Waals surface area contributed by atoms with E-state index < -0.39 is 0 Å². The van der Waals surface area contributed by atoms with Gasteiger partial charge in [-0.05, 0) is 42.2 Å². The minimum atomic E-state index is 0.00140. The van der Waals surface area contributed by atoms with E-state index in [4.69, 9.17) is 29.0 Å². The average molecular weight is 374 g/mol. The zero-order valence-electron chi connectivity index (χ0n) is 11.0. The highest BCUT2D eigenvalue weighted by atomic mass is 79.9. The van der Waals surface area contributed by atoms with Crippen LogP contribution in [0.2, 0.25) is 10.0 Å². The molecule has 0 aliphatic carbocycles. The Labute approximate surface area is 137 Å². The van der Waals surface area contributed by atoms with Crippen LogP contribution in [0.15, 0.2) is 40.9 Å². The van der Waals surface area contributed by atoms with E-state index in [0.29, 0.717) is 10.0 Å². The summed E-state index contributed by atoms with van der Waals surface area (Å²) in [6, 6.07) is 11.8. The van der Waals surface area contributed by atoms with Crippen LogP contribution in [0.5, 0.6) is 0 Å². The molecule has 0 aromatic heterocycles. The lowest BCUT2D eigenvalue weighted by Gasteiger charge is -2.19. The summed E-state index contributed by atoms with van der Waals surface area (Å²) in [7, 11) is 0. The van der Waals surface area contributed by atoms with Gasteiger partial charge in [0.15, 0.2) is 0 Å². The molecule has 0 aliphatic rings. The minimum Gasteiger partial charge on any atom is -0.271 e. The second kappa shape index (κ2) is 6.92. The Bertz CT molecular complexity index is 617. The van der Waals surface area contributed by atoms with Crippen molar-refractivity contribution in [1.82, 2.24) is 5.43 Å². The first-order chi connectivity index (χ1) is 9.52. The summed E-state index contributed by atoms with van der Waals surface area (Å²) in [4.78, 5) is 0. The molecule has 0 fully saturated rings. The lowest BCUT2D eigenvalue weighted by molar-refractivity contribution is 0.549. The van der Waals surface area contributed by atoms with Crippen LogP contribution in [0.4, 0.5) is 0 Å². The van der Waals surface area contributed by atoms with Crippen molar-refractivity contribution in [2.24, 2.45) is 5.84 Å². The van der Waals surface area contributed by atoms with Crippen molar-refractivity contribution in [3.8, 4) is 0 Å². The van der Waals surface area contributed by atoms with Gasteiger partial charge in [-0.2, -0.15) is 0 Å². The Kier molecular flexibility index (Phi) is 5.47. The fourth-order valence-electron chi connectivity index (χ4n) is 2.10. The molecule has 106 valence electrons. The fraction of sp³-hybridized carbons (Fsp3) is 0.200. The van der Waals surface area contributed by atoms with E-state index in [1.54, 1.807) is 6.07 Å². The summed E-state index contributed by atoms with van der Waals surface area (Å²) in [6.07, 6.45) is 0.732. The summed E-state index contributed by atoms with van der Waals surface area (Å²) in [5, 5.41) is 1.12. The summed E-state index contributed by atoms with van der Waals surface area (Å²) in [6.45, 7) is 2.06. The van der Waals surface area contributed by atoms with Crippen LogP contribution in [0.25, 0.3) is 0 Å². The van der Waals surface area contributed by atoms with Gasteiger partial charge in [-0.25, -0.2) is 0 Å². The lowest BCUT2D eigenvalue weighted by Crippen LogP contribution is -2.30. The molecule has 5 heteroatoms. The van der Waals surface area contributed by atoms with E-state index in [-0.39, 0.29) is 6.04 Å². The molecular weight excluding hydrogens is 359 g/mol. The van der Waals surface area contributed by atoms with Crippen LogP contribution < -0.4 is 11.3 Å². The molecule has 0 spiro atoms. The normalized spacial score (nSPS) is 12.4. The summed E-state index contributed by atoms with van der Waals surface area (Å²) in [5.74, 6) is 5.71. The number of hydrogen-bond donors (Lipinski definition) is 2. The molecule has 0 aliphatic heterocycles. The van der Waals surface area contributed by atoms with Gasteiger partial charge in [-0.3, -0.25) is 11.3 Å². The number of aryl methyl sites for hydroxylation is 1. The van der Waals surface area contributed by atoms with E-state index in [1.165, 1.54) is 5.56 Å². The SMILES string of the molecule is Cc1cccc(C(Cc2ccc(Cl)c(Cl)c2)NN)c1Br. The lowest BCUT2D eigenvalue weighted by atomic mass is 9.98. The molecule has 1 atom stereocenters. The molecule has 2 aromatic rings. The predicted octanol–water partition coefficient (Wildman–Crippen LogP) is 4.81. The molecule has 1 unspecified atom stereocenters. The molecule has 0 radical (unpaired) electrons. The Hall–Kier alpha value is -0.580. The number of rotatable bonds is 4. The first-order valence-electron chi connectivity index (χ1n) is 6.18. The zero-order valence-corrected chi connectivity index (χ0v) is 14.1. The second-order valence-electron chi connectivity index (χ2n) is 4.65. The molecule has 0 saturated carbocycles. The fourth-order valence-corrected chi connectivity index (χ4v) is 2.96. The molecule has 2 rings (SSSR count). The number of nitrogens with one attached hydrogen (secondary N) is 1. The van der Waals surface area contributed by atoms with Gasteiger partial charge in [0.25, 0.3) is 0 Å². The molecule has 0 bridgehead atoms. The number of hydrogen-bond acceptors (Lipinski definition) is 2. The van der Waals surface area contributed by atoms with Crippen LogP contribution in [0.3, 0.4) is 0 Å². The molecular formula is C15H15BrCl2N2. The molecule has 2 aromatic carbocycles. The van der Waals surface area contributed by atoms with Crippen molar-refractivity contribution in [2.45, 2.75) is 19.4 Å². The number of halogens is 3. The van der Waals surface area contributed by atoms with Crippen LogP contribution in [0, 0.1) is 6.92 Å². The van der Waals surface area contributed by atoms with Crippen molar-refractivity contribution >= 4 is 39.1 Å². The van der Waals surface area contributed by atoms with Crippen molar-refractivity contribution in [2.75, 3.05) is 0 Å². The molecule has 20 heavy (non-hydrogen) atoms. The van der Waals surface area contributed by atoms with Crippen LogP contribution >= 0.6 is 39.1 Å². The van der Waals surface area contributed by atoms with Crippen molar-refractivity contribution in [3.05, 3.63) is 67.6 Å². The van der Waals surface area contributed by atoms with Gasteiger partial charge in [-0.1, -0.05) is 63.4 Å². The van der Waals surface area contributed by atoms with Gasteiger partial charge in [0.2, 0.25) is 0 Å². The van der Waals surface area contributed by atoms with Crippen molar-refractivity contribution in [3.63, 3.8) is 0 Å². The zero-order chi connectivity index (χ0) is 14.7. The smallest absolute Gasteiger partial charge is 0.0595 e. The number of benzene rings is 2. The highest BCUT2D eigenvalue weighted by molar-refractivity contribution is 9.10. The van der Waals surface area contributed by atoms with E-state index in [0.717, 1.165) is 22.0 Å². The molecule has 0 saturated heterocycles. The van der Waals surface area contributed by atoms with Gasteiger partial charge in [0.1, 0.15) is 0 Å². The molecule has 3 N–H and O–H groups in total. The summed E-state index contributed by atoms with van der Waals surface area (Å²) < 4.78 is 1.07. The number of hydrazine groups is 1. The third-order valence-corrected chi connectivity index (χ3v) is 5.04. The van der Waals surface area contributed by atoms with Crippen molar-refractivity contribution < 1.29 is 0 Å². The number of nitrogens with two attached hydrogens (primary N) is 1. The monoisotopic (exact) mass is 372 g/mol. The quantitative estimate of drug-likeness (QED) is 0.596. The first kappa shape index (κ1) is 15.8. The van der Waals surface area contributed by atoms with E-state index in [9.17, 15) is 0 Å². The summed E-state index contributed by atoms with van der Waals surface area (Å²) in [5.41, 5.74) is 6.24. The highest BCUT2D eigenvalue weighted by Crippen LogP contribution is 2.30. The minimum absolute atomic E-state index is 0.00140. The predicted molar refractivity (Wildman–Crippen MR) is 89.1 cm³/mol. The molecule has 0 amide bonds. The largest absolute Gasteiger partial charge is 0.271 e. The Morgan fingerprint density at radius 3 is 2.60 bits per heavy atom. The van der Waals surface area contributed by atoms with Gasteiger partial charge in [0.05, 0.1) is 16.1 Å². The highest BCUT2D eigenvalue weighted by Gasteiger charge is 2.15. The molecule has 0 heterocycles. The Morgan fingerprint density at radius 1 is 1.20 bits per heavy atom. The van der Waals surface area contributed by atoms with Gasteiger partial charge >= 0.3 is 0 Å². The first-order valence-corrected chi connectivity index (χ1v) is 7.73. The standard InChI is InChI=1S/C15H15BrCl2N2/c1-9-3-2-4-11(15(9)16)14(20-19)8-10-5-6-12(17)13(18)7-10/h2-7,14,20H,8,19H2,1H3. The maximum absolute atomic E-state index is 6.05. The maximum atomic E-state index is 6.05. The van der Waals surface area contributed by atoms with Gasteiger partial charge in [-0.15, -0.1) is 0 Å².